The summed E-state index contributed by atoms with van der Waals surface area (Å²) in [6.45, 7) is 0.498. The van der Waals surface area contributed by atoms with Crippen LogP contribution in [0.2, 0.25) is 0 Å². The van der Waals surface area contributed by atoms with E-state index in [2.05, 4.69) is 21.0 Å². The van der Waals surface area contributed by atoms with E-state index >= 15 is 4.39 Å². The van der Waals surface area contributed by atoms with Crippen LogP contribution in [-0.4, -0.2) is 32.3 Å². The van der Waals surface area contributed by atoms with E-state index in [-0.39, 0.29) is 11.7 Å². The lowest BCUT2D eigenvalue weighted by Gasteiger charge is -2.36. The third-order valence-corrected chi connectivity index (χ3v) is 6.38. The van der Waals surface area contributed by atoms with Gasteiger partial charge < -0.3 is 14.9 Å². The van der Waals surface area contributed by atoms with Crippen LogP contribution in [0.3, 0.4) is 0 Å². The fourth-order valence-electron chi connectivity index (χ4n) is 4.87. The lowest BCUT2D eigenvalue weighted by molar-refractivity contribution is 0.0689. The Morgan fingerprint density at radius 2 is 1.88 bits per heavy atom. The number of carbonyl (C=O) groups excluding carboxylic acids is 1. The number of aromatic amines is 2. The number of carbonyl (C=O) groups is 1. The van der Waals surface area contributed by atoms with Gasteiger partial charge in [-0.05, 0) is 36.2 Å². The average molecular weight is 436 g/mol. The summed E-state index contributed by atoms with van der Waals surface area (Å²) >= 11 is 0. The van der Waals surface area contributed by atoms with E-state index in [9.17, 15) is 4.79 Å². The molecule has 0 fully saturated rings. The van der Waals surface area contributed by atoms with E-state index in [4.69, 9.17) is 0 Å². The molecule has 0 bridgehead atoms. The van der Waals surface area contributed by atoms with Gasteiger partial charge in [0.2, 0.25) is 0 Å². The molecule has 0 saturated carbocycles. The van der Waals surface area contributed by atoms with E-state index in [1.165, 1.54) is 6.07 Å². The molecule has 0 saturated heterocycles. The van der Waals surface area contributed by atoms with Crippen molar-refractivity contribution in [3.8, 4) is 11.4 Å². The Hall–Kier alpha value is -4.19. The van der Waals surface area contributed by atoms with Gasteiger partial charge in [0.05, 0.1) is 0 Å². The van der Waals surface area contributed by atoms with Crippen molar-refractivity contribution in [3.63, 3.8) is 0 Å². The summed E-state index contributed by atoms with van der Waals surface area (Å²) in [6.07, 6.45) is 4.13. The van der Waals surface area contributed by atoms with Crippen LogP contribution >= 0.6 is 0 Å². The first-order valence-electron chi connectivity index (χ1n) is 11.0. The fraction of sp³-hybridized carbons (Fsp3) is 0.111. The molecular formula is C27H21FN4O. The Morgan fingerprint density at radius 3 is 2.73 bits per heavy atom. The largest absolute Gasteiger partial charge is 0.356 e. The summed E-state index contributed by atoms with van der Waals surface area (Å²) in [4.78, 5) is 26.4. The minimum absolute atomic E-state index is 0.138. The first-order valence-corrected chi connectivity index (χ1v) is 11.0. The number of benzene rings is 3. The van der Waals surface area contributed by atoms with Crippen molar-refractivity contribution in [2.45, 2.75) is 12.5 Å². The van der Waals surface area contributed by atoms with Gasteiger partial charge in [0, 0.05) is 52.2 Å². The molecule has 1 atom stereocenters. The summed E-state index contributed by atoms with van der Waals surface area (Å²) < 4.78 is 15.0. The van der Waals surface area contributed by atoms with E-state index < -0.39 is 6.04 Å². The zero-order valence-corrected chi connectivity index (χ0v) is 17.8. The second kappa shape index (κ2) is 7.74. The molecule has 1 amide bonds. The Labute approximate surface area is 189 Å². The highest BCUT2D eigenvalue weighted by Gasteiger charge is 2.36. The molecule has 5 nitrogen and oxygen atoms in total. The Kier molecular flexibility index (Phi) is 4.57. The molecule has 1 aliphatic rings. The maximum atomic E-state index is 15.0. The molecule has 162 valence electrons. The second-order valence-corrected chi connectivity index (χ2v) is 8.25. The standard InChI is InChI=1S/C27H21FN4O/c28-22-10-3-1-9-21(22)25-24-20(19-8-2-4-11-23(19)31-24)12-15-32(25)27(33)18-7-5-6-17(16-18)26-29-13-14-30-26/h1-11,13-14,16,25,31H,12,15H2,(H,29,30). The van der Waals surface area contributed by atoms with Gasteiger partial charge in [-0.1, -0.05) is 48.5 Å². The van der Waals surface area contributed by atoms with Crippen LogP contribution in [0.15, 0.2) is 85.2 Å². The zero-order valence-electron chi connectivity index (χ0n) is 17.8. The van der Waals surface area contributed by atoms with Gasteiger partial charge in [-0.2, -0.15) is 0 Å². The van der Waals surface area contributed by atoms with Crippen molar-refractivity contribution in [2.75, 3.05) is 6.54 Å². The Morgan fingerprint density at radius 1 is 1.03 bits per heavy atom. The van der Waals surface area contributed by atoms with Crippen LogP contribution in [0.25, 0.3) is 22.3 Å². The van der Waals surface area contributed by atoms with Crippen LogP contribution in [0.1, 0.15) is 33.2 Å². The zero-order chi connectivity index (χ0) is 22.4. The molecule has 0 aliphatic carbocycles. The van der Waals surface area contributed by atoms with Crippen LogP contribution in [0.5, 0.6) is 0 Å². The van der Waals surface area contributed by atoms with Gasteiger partial charge in [0.15, 0.2) is 0 Å². The molecule has 5 aromatic rings. The molecular weight excluding hydrogens is 415 g/mol. The van der Waals surface area contributed by atoms with E-state index in [1.807, 2.05) is 42.5 Å². The molecule has 2 N–H and O–H groups in total. The predicted octanol–water partition coefficient (Wildman–Crippen LogP) is 5.49. The van der Waals surface area contributed by atoms with Crippen LogP contribution in [0.4, 0.5) is 4.39 Å². The molecule has 0 spiro atoms. The van der Waals surface area contributed by atoms with Crippen molar-refractivity contribution in [3.05, 3.63) is 113 Å². The Balaban J connectivity index is 1.48. The number of aromatic nitrogens is 3. The monoisotopic (exact) mass is 436 g/mol. The SMILES string of the molecule is O=C(c1cccc(-c2ncc[nH]2)c1)N1CCc2c([nH]c3ccccc23)C1c1ccccc1F. The maximum Gasteiger partial charge on any atom is 0.254 e. The molecule has 0 radical (unpaired) electrons. The lowest BCUT2D eigenvalue weighted by atomic mass is 9.91. The second-order valence-electron chi connectivity index (χ2n) is 8.25. The summed E-state index contributed by atoms with van der Waals surface area (Å²) in [5.74, 6) is 0.240. The molecule has 33 heavy (non-hydrogen) atoms. The van der Waals surface area contributed by atoms with Gasteiger partial charge in [-0.3, -0.25) is 4.79 Å². The molecule has 1 aliphatic heterocycles. The minimum Gasteiger partial charge on any atom is -0.356 e. The van der Waals surface area contributed by atoms with Crippen molar-refractivity contribution >= 4 is 16.8 Å². The molecule has 2 aromatic heterocycles. The maximum absolute atomic E-state index is 15.0. The molecule has 3 aromatic carbocycles. The highest BCUT2D eigenvalue weighted by molar-refractivity contribution is 5.96. The number of amides is 1. The van der Waals surface area contributed by atoms with Crippen molar-refractivity contribution < 1.29 is 9.18 Å². The third-order valence-electron chi connectivity index (χ3n) is 6.38. The quantitative estimate of drug-likeness (QED) is 0.393. The van der Waals surface area contributed by atoms with Crippen LogP contribution in [0, 0.1) is 5.82 Å². The van der Waals surface area contributed by atoms with Crippen molar-refractivity contribution in [2.24, 2.45) is 0 Å². The number of hydrogen-bond donors (Lipinski definition) is 2. The van der Waals surface area contributed by atoms with Gasteiger partial charge in [0.1, 0.15) is 17.7 Å². The van der Waals surface area contributed by atoms with Crippen molar-refractivity contribution in [1.29, 1.82) is 0 Å². The number of nitrogens with one attached hydrogen (secondary N) is 2. The van der Waals surface area contributed by atoms with Gasteiger partial charge in [-0.25, -0.2) is 9.37 Å². The molecule has 6 rings (SSSR count). The summed E-state index contributed by atoms with van der Waals surface area (Å²) in [7, 11) is 0. The minimum atomic E-state index is -0.540. The van der Waals surface area contributed by atoms with E-state index in [1.54, 1.807) is 35.5 Å². The lowest BCUT2D eigenvalue weighted by Crippen LogP contribution is -2.41. The van der Waals surface area contributed by atoms with Crippen LogP contribution in [-0.2, 0) is 6.42 Å². The highest BCUT2D eigenvalue weighted by atomic mass is 19.1. The molecule has 1 unspecified atom stereocenters. The number of nitrogens with zero attached hydrogens (tertiary/aromatic N) is 2. The third kappa shape index (κ3) is 3.22. The summed E-state index contributed by atoms with van der Waals surface area (Å²) in [5.41, 5.74) is 4.88. The molecule has 6 heteroatoms. The predicted molar refractivity (Wildman–Crippen MR) is 125 cm³/mol. The van der Waals surface area contributed by atoms with Gasteiger partial charge >= 0.3 is 0 Å². The Bertz CT molecular complexity index is 1470. The number of H-pyrrole nitrogens is 2. The number of para-hydroxylation sites is 1. The average Bonchev–Trinajstić information content (AvgIpc) is 3.52. The topological polar surface area (TPSA) is 64.8 Å². The van der Waals surface area contributed by atoms with Gasteiger partial charge in [-0.15, -0.1) is 0 Å². The first-order chi connectivity index (χ1) is 16.2. The van der Waals surface area contributed by atoms with E-state index in [0.29, 0.717) is 29.9 Å². The summed E-state index contributed by atoms with van der Waals surface area (Å²) in [5, 5.41) is 1.13. The normalized spacial score (nSPS) is 15.5. The van der Waals surface area contributed by atoms with Gasteiger partial charge in [0.25, 0.3) is 5.91 Å². The fourth-order valence-corrected chi connectivity index (χ4v) is 4.87. The smallest absolute Gasteiger partial charge is 0.254 e. The number of rotatable bonds is 3. The number of halogens is 1. The summed E-state index contributed by atoms with van der Waals surface area (Å²) in [6, 6.07) is 21.6. The van der Waals surface area contributed by atoms with E-state index in [0.717, 1.165) is 27.7 Å². The number of imidazole rings is 1. The highest BCUT2D eigenvalue weighted by Crippen LogP contribution is 2.40. The first kappa shape index (κ1) is 19.5. The number of hydrogen-bond acceptors (Lipinski definition) is 2. The number of fused-ring (bicyclic) bond motifs is 3. The molecule has 3 heterocycles. The van der Waals surface area contributed by atoms with Crippen LogP contribution < -0.4 is 0 Å². The van der Waals surface area contributed by atoms with Crippen molar-refractivity contribution in [1.82, 2.24) is 19.9 Å².